The van der Waals surface area contributed by atoms with Crippen molar-refractivity contribution in [2.75, 3.05) is 26.2 Å². The Morgan fingerprint density at radius 2 is 2.33 bits per heavy atom. The topological polar surface area (TPSA) is 23.5 Å². The van der Waals surface area contributed by atoms with E-state index in [0.717, 1.165) is 13.1 Å². The van der Waals surface area contributed by atoms with E-state index in [9.17, 15) is 5.11 Å². The molecule has 2 atom stereocenters. The fourth-order valence-electron chi connectivity index (χ4n) is 3.21. The molecule has 18 heavy (non-hydrogen) atoms. The highest BCUT2D eigenvalue weighted by atomic mass is 16.3. The van der Waals surface area contributed by atoms with Gasteiger partial charge in [0.1, 0.15) is 0 Å². The summed E-state index contributed by atoms with van der Waals surface area (Å²) in [5.41, 5.74) is 2.94. The third-order valence-electron chi connectivity index (χ3n) is 4.49. The van der Waals surface area contributed by atoms with Crippen LogP contribution in [-0.4, -0.2) is 36.2 Å². The maximum Gasteiger partial charge on any atom is 0.0471 e. The molecule has 2 heteroatoms. The molecule has 0 unspecified atom stereocenters. The molecule has 0 saturated carbocycles. The first-order valence-electron chi connectivity index (χ1n) is 7.35. The zero-order chi connectivity index (χ0) is 13.0. The molecular formula is C16H27NO. The van der Waals surface area contributed by atoms with Crippen molar-refractivity contribution in [3.05, 3.63) is 23.8 Å². The largest absolute Gasteiger partial charge is 0.396 e. The molecule has 1 heterocycles. The fraction of sp³-hybridized carbons (Fsp3) is 0.750. The molecule has 0 aromatic heterocycles. The Morgan fingerprint density at radius 3 is 2.94 bits per heavy atom. The van der Waals surface area contributed by atoms with Gasteiger partial charge in [-0.3, -0.25) is 4.90 Å². The van der Waals surface area contributed by atoms with E-state index in [4.69, 9.17) is 0 Å². The lowest BCUT2D eigenvalue weighted by atomic mass is 9.85. The van der Waals surface area contributed by atoms with Crippen LogP contribution in [0.5, 0.6) is 0 Å². The second kappa shape index (κ2) is 6.53. The molecule has 0 aromatic carbocycles. The molecule has 1 saturated heterocycles. The van der Waals surface area contributed by atoms with Gasteiger partial charge in [0.15, 0.2) is 0 Å². The third-order valence-corrected chi connectivity index (χ3v) is 4.49. The van der Waals surface area contributed by atoms with Crippen LogP contribution in [0.15, 0.2) is 23.8 Å². The third kappa shape index (κ3) is 3.69. The lowest BCUT2D eigenvalue weighted by molar-refractivity contribution is 0.126. The van der Waals surface area contributed by atoms with Crippen molar-refractivity contribution in [2.45, 2.75) is 39.0 Å². The number of likely N-dealkylation sites (tertiary alicyclic amines) is 1. The Balaban J connectivity index is 1.81. The summed E-state index contributed by atoms with van der Waals surface area (Å²) in [6, 6.07) is 0. The number of aliphatic hydroxyl groups is 1. The first kappa shape index (κ1) is 13.8. The van der Waals surface area contributed by atoms with E-state index < -0.39 is 0 Å². The van der Waals surface area contributed by atoms with Crippen LogP contribution in [0.4, 0.5) is 0 Å². The normalized spacial score (nSPS) is 30.0. The van der Waals surface area contributed by atoms with Gasteiger partial charge in [-0.1, -0.05) is 23.8 Å². The Labute approximate surface area is 111 Å². The first-order chi connectivity index (χ1) is 8.69. The van der Waals surface area contributed by atoms with Crippen LogP contribution >= 0.6 is 0 Å². The number of allylic oxidation sites excluding steroid dienone is 2. The van der Waals surface area contributed by atoms with Crippen LogP contribution in [0.2, 0.25) is 0 Å². The summed E-state index contributed by atoms with van der Waals surface area (Å²) in [5.74, 6) is 1.21. The molecule has 1 N–H and O–H groups in total. The van der Waals surface area contributed by atoms with Crippen molar-refractivity contribution in [2.24, 2.45) is 11.8 Å². The lowest BCUT2D eigenvalue weighted by Crippen LogP contribution is -2.38. The van der Waals surface area contributed by atoms with E-state index >= 15 is 0 Å². The second-order valence-corrected chi connectivity index (χ2v) is 6.11. The average molecular weight is 249 g/mol. The Bertz CT molecular complexity index is 321. The molecule has 0 amide bonds. The summed E-state index contributed by atoms with van der Waals surface area (Å²) in [6.07, 6.45) is 8.57. The van der Waals surface area contributed by atoms with Crippen molar-refractivity contribution >= 4 is 0 Å². The van der Waals surface area contributed by atoms with Crippen molar-refractivity contribution in [3.63, 3.8) is 0 Å². The van der Waals surface area contributed by atoms with Gasteiger partial charge >= 0.3 is 0 Å². The summed E-state index contributed by atoms with van der Waals surface area (Å²) in [7, 11) is 0. The van der Waals surface area contributed by atoms with Crippen molar-refractivity contribution < 1.29 is 5.11 Å². The number of aliphatic hydroxyl groups excluding tert-OH is 1. The van der Waals surface area contributed by atoms with Crippen molar-refractivity contribution in [1.82, 2.24) is 4.90 Å². The van der Waals surface area contributed by atoms with E-state index in [-0.39, 0.29) is 0 Å². The molecule has 1 fully saturated rings. The minimum absolute atomic E-state index is 0.354. The van der Waals surface area contributed by atoms with Crippen LogP contribution in [0, 0.1) is 11.8 Å². The molecular weight excluding hydrogens is 222 g/mol. The lowest BCUT2D eigenvalue weighted by Gasteiger charge is -2.33. The van der Waals surface area contributed by atoms with Gasteiger partial charge in [0.25, 0.3) is 0 Å². The Morgan fingerprint density at radius 1 is 1.50 bits per heavy atom. The minimum Gasteiger partial charge on any atom is -0.396 e. The average Bonchev–Trinajstić information content (AvgIpc) is 2.39. The molecule has 102 valence electrons. The highest BCUT2D eigenvalue weighted by Gasteiger charge is 2.21. The second-order valence-electron chi connectivity index (χ2n) is 6.11. The van der Waals surface area contributed by atoms with Gasteiger partial charge in [-0.15, -0.1) is 0 Å². The fourth-order valence-corrected chi connectivity index (χ4v) is 3.21. The number of hydrogen-bond acceptors (Lipinski definition) is 2. The Kier molecular flexibility index (Phi) is 5.02. The SMILES string of the molecule is C=C(C)[C@H]1CC=C(CN2CCC[C@H](CO)C2)CC1. The van der Waals surface area contributed by atoms with Crippen LogP contribution < -0.4 is 0 Å². The summed E-state index contributed by atoms with van der Waals surface area (Å²) < 4.78 is 0. The molecule has 2 rings (SSSR count). The zero-order valence-electron chi connectivity index (χ0n) is 11.7. The number of nitrogens with zero attached hydrogens (tertiary/aromatic N) is 1. The first-order valence-corrected chi connectivity index (χ1v) is 7.35. The van der Waals surface area contributed by atoms with E-state index in [1.54, 1.807) is 5.57 Å². The van der Waals surface area contributed by atoms with Gasteiger partial charge in [-0.05, 0) is 57.4 Å². The number of rotatable bonds is 4. The molecule has 0 aromatic rings. The maximum absolute atomic E-state index is 9.26. The zero-order valence-corrected chi connectivity index (χ0v) is 11.7. The highest BCUT2D eigenvalue weighted by molar-refractivity contribution is 5.13. The van der Waals surface area contributed by atoms with Crippen molar-refractivity contribution in [1.29, 1.82) is 0 Å². The summed E-state index contributed by atoms with van der Waals surface area (Å²) in [4.78, 5) is 2.53. The monoisotopic (exact) mass is 249 g/mol. The van der Waals surface area contributed by atoms with Gasteiger partial charge in [0.2, 0.25) is 0 Å². The van der Waals surface area contributed by atoms with Crippen LogP contribution in [-0.2, 0) is 0 Å². The smallest absolute Gasteiger partial charge is 0.0471 e. The predicted octanol–water partition coefficient (Wildman–Crippen LogP) is 2.99. The molecule has 0 spiro atoms. The van der Waals surface area contributed by atoms with E-state index in [2.05, 4.69) is 24.5 Å². The maximum atomic E-state index is 9.26. The van der Waals surface area contributed by atoms with E-state index in [1.165, 1.54) is 44.2 Å². The van der Waals surface area contributed by atoms with Gasteiger partial charge in [-0.2, -0.15) is 0 Å². The van der Waals surface area contributed by atoms with Gasteiger partial charge in [0, 0.05) is 19.7 Å². The Hall–Kier alpha value is -0.600. The van der Waals surface area contributed by atoms with Gasteiger partial charge in [0.05, 0.1) is 0 Å². The molecule has 2 nitrogen and oxygen atoms in total. The standard InChI is InChI=1S/C16H27NO/c1-13(2)16-7-5-14(6-8-16)10-17-9-3-4-15(11-17)12-18/h5,15-16,18H,1,3-4,6-12H2,2H3/t15-,16-/m0/s1. The van der Waals surface area contributed by atoms with Gasteiger partial charge in [-0.25, -0.2) is 0 Å². The molecule has 1 aliphatic carbocycles. The molecule has 2 aliphatic rings. The summed E-state index contributed by atoms with van der Waals surface area (Å²) in [5, 5.41) is 9.26. The van der Waals surface area contributed by atoms with E-state index in [1.807, 2.05) is 0 Å². The number of piperidine rings is 1. The predicted molar refractivity (Wildman–Crippen MR) is 76.5 cm³/mol. The molecule has 0 bridgehead atoms. The minimum atomic E-state index is 0.354. The van der Waals surface area contributed by atoms with Crippen LogP contribution in [0.1, 0.15) is 39.0 Å². The van der Waals surface area contributed by atoms with E-state index in [0.29, 0.717) is 18.4 Å². The van der Waals surface area contributed by atoms with Gasteiger partial charge < -0.3 is 5.11 Å². The van der Waals surface area contributed by atoms with Crippen LogP contribution in [0.3, 0.4) is 0 Å². The quantitative estimate of drug-likeness (QED) is 0.774. The number of hydrogen-bond donors (Lipinski definition) is 1. The summed E-state index contributed by atoms with van der Waals surface area (Å²) in [6.45, 7) is 9.99. The summed E-state index contributed by atoms with van der Waals surface area (Å²) >= 11 is 0. The molecule has 1 aliphatic heterocycles. The molecule has 0 radical (unpaired) electrons. The highest BCUT2D eigenvalue weighted by Crippen LogP contribution is 2.29. The van der Waals surface area contributed by atoms with Crippen molar-refractivity contribution in [3.8, 4) is 0 Å². The van der Waals surface area contributed by atoms with Crippen LogP contribution in [0.25, 0.3) is 0 Å².